The molecule has 5 heteroatoms. The van der Waals surface area contributed by atoms with Crippen LogP contribution in [-0.2, 0) is 17.8 Å². The molecule has 1 amide bonds. The maximum atomic E-state index is 11.6. The van der Waals surface area contributed by atoms with Gasteiger partial charge in [0.05, 0.1) is 0 Å². The van der Waals surface area contributed by atoms with Gasteiger partial charge >= 0.3 is 6.09 Å². The second-order valence-electron chi connectivity index (χ2n) is 4.66. The molecule has 21 heavy (non-hydrogen) atoms. The highest BCUT2D eigenvalue weighted by atomic mass is 79.9. The van der Waals surface area contributed by atoms with E-state index in [1.165, 1.54) is 0 Å². The molecule has 0 aliphatic carbocycles. The normalized spacial score (nSPS) is 10.2. The molecule has 1 N–H and O–H groups in total. The Labute approximate surface area is 132 Å². The number of carbonyl (C=O) groups excluding carboxylic acids is 1. The third-order valence-electron chi connectivity index (χ3n) is 3.00. The molecular formula is C16H17BrN2O2. The number of alkyl carbamates (subject to hydrolysis) is 1. The number of benzene rings is 1. The van der Waals surface area contributed by atoms with Crippen LogP contribution in [0.15, 0.2) is 47.1 Å². The molecule has 0 atom stereocenters. The quantitative estimate of drug-likeness (QED) is 0.897. The van der Waals surface area contributed by atoms with Crippen molar-refractivity contribution >= 4 is 22.0 Å². The molecule has 0 unspecified atom stereocenters. The third kappa shape index (κ3) is 5.19. The smallest absolute Gasteiger partial charge is 0.407 e. The molecule has 0 aliphatic heterocycles. The Morgan fingerprint density at radius 2 is 2.10 bits per heavy atom. The van der Waals surface area contributed by atoms with Gasteiger partial charge < -0.3 is 10.1 Å². The largest absolute Gasteiger partial charge is 0.445 e. The molecule has 1 aromatic carbocycles. The second-order valence-corrected chi connectivity index (χ2v) is 5.57. The first-order chi connectivity index (χ1) is 10.1. The molecule has 1 heterocycles. The lowest BCUT2D eigenvalue weighted by molar-refractivity contribution is 0.140. The van der Waals surface area contributed by atoms with Crippen molar-refractivity contribution in [2.24, 2.45) is 0 Å². The summed E-state index contributed by atoms with van der Waals surface area (Å²) in [7, 11) is 0. The third-order valence-corrected chi connectivity index (χ3v) is 3.43. The number of halogens is 1. The van der Waals surface area contributed by atoms with E-state index in [1.54, 1.807) is 6.20 Å². The molecule has 0 bridgehead atoms. The molecule has 2 rings (SSSR count). The Bertz CT molecular complexity index is 602. The van der Waals surface area contributed by atoms with Crippen LogP contribution in [0, 0.1) is 6.92 Å². The Hall–Kier alpha value is -1.88. The molecule has 0 saturated heterocycles. The van der Waals surface area contributed by atoms with Crippen molar-refractivity contribution < 1.29 is 9.53 Å². The van der Waals surface area contributed by atoms with Crippen LogP contribution in [0.5, 0.6) is 0 Å². The average molecular weight is 349 g/mol. The van der Waals surface area contributed by atoms with Crippen LogP contribution < -0.4 is 5.32 Å². The fourth-order valence-corrected chi connectivity index (χ4v) is 2.33. The minimum absolute atomic E-state index is 0.280. The van der Waals surface area contributed by atoms with Gasteiger partial charge in [-0.05, 0) is 40.0 Å². The van der Waals surface area contributed by atoms with E-state index in [0.29, 0.717) is 13.0 Å². The van der Waals surface area contributed by atoms with Crippen LogP contribution in [-0.4, -0.2) is 17.6 Å². The van der Waals surface area contributed by atoms with Gasteiger partial charge in [-0.25, -0.2) is 4.79 Å². The van der Waals surface area contributed by atoms with Gasteiger partial charge in [0.15, 0.2) is 0 Å². The molecule has 1 aromatic heterocycles. The van der Waals surface area contributed by atoms with E-state index < -0.39 is 6.09 Å². The number of ether oxygens (including phenoxy) is 1. The van der Waals surface area contributed by atoms with Crippen LogP contribution in [0.3, 0.4) is 0 Å². The maximum absolute atomic E-state index is 11.6. The lowest BCUT2D eigenvalue weighted by Gasteiger charge is -2.08. The van der Waals surface area contributed by atoms with E-state index in [0.717, 1.165) is 21.3 Å². The summed E-state index contributed by atoms with van der Waals surface area (Å²) in [5.74, 6) is 0. The molecule has 0 aliphatic rings. The molecule has 0 fully saturated rings. The predicted molar refractivity (Wildman–Crippen MR) is 85.0 cm³/mol. The lowest BCUT2D eigenvalue weighted by atomic mass is 10.2. The van der Waals surface area contributed by atoms with Crippen molar-refractivity contribution in [1.29, 1.82) is 0 Å². The van der Waals surface area contributed by atoms with E-state index in [4.69, 9.17) is 4.74 Å². The van der Waals surface area contributed by atoms with Gasteiger partial charge in [-0.15, -0.1) is 0 Å². The van der Waals surface area contributed by atoms with Gasteiger partial charge in [0.25, 0.3) is 0 Å². The zero-order chi connectivity index (χ0) is 15.1. The molecule has 4 nitrogen and oxygen atoms in total. The van der Waals surface area contributed by atoms with Gasteiger partial charge in [0, 0.05) is 29.3 Å². The van der Waals surface area contributed by atoms with Crippen molar-refractivity contribution in [3.63, 3.8) is 0 Å². The number of aryl methyl sites for hydroxylation is 1. The summed E-state index contributed by atoms with van der Waals surface area (Å²) >= 11 is 3.38. The summed E-state index contributed by atoms with van der Waals surface area (Å²) in [5.41, 5.74) is 3.04. The number of nitrogens with zero attached hydrogens (tertiary/aromatic N) is 1. The zero-order valence-corrected chi connectivity index (χ0v) is 13.4. The SMILES string of the molecule is Cc1cc(Br)cnc1CCNC(=O)OCc1ccccc1. The predicted octanol–water partition coefficient (Wildman–Crippen LogP) is 3.62. The molecule has 0 saturated carbocycles. The number of nitrogens with one attached hydrogen (secondary N) is 1. The first-order valence-electron chi connectivity index (χ1n) is 6.71. The number of amides is 1. The molecule has 110 valence electrons. The summed E-state index contributed by atoms with van der Waals surface area (Å²) in [6.07, 6.45) is 2.03. The van der Waals surface area contributed by atoms with E-state index >= 15 is 0 Å². The zero-order valence-electron chi connectivity index (χ0n) is 11.8. The van der Waals surface area contributed by atoms with Crippen molar-refractivity contribution in [3.05, 3.63) is 63.9 Å². The fraction of sp³-hybridized carbons (Fsp3) is 0.250. The van der Waals surface area contributed by atoms with Gasteiger partial charge in [-0.2, -0.15) is 0 Å². The average Bonchev–Trinajstić information content (AvgIpc) is 2.48. The highest BCUT2D eigenvalue weighted by Gasteiger charge is 2.04. The first kappa shape index (κ1) is 15.5. The Kier molecular flexibility index (Phi) is 5.75. The summed E-state index contributed by atoms with van der Waals surface area (Å²) < 4.78 is 6.09. The Morgan fingerprint density at radius 3 is 2.81 bits per heavy atom. The van der Waals surface area contributed by atoms with Crippen LogP contribution >= 0.6 is 15.9 Å². The standard InChI is InChI=1S/C16H17BrN2O2/c1-12-9-14(17)10-19-15(12)7-8-18-16(20)21-11-13-5-3-2-4-6-13/h2-6,9-10H,7-8,11H2,1H3,(H,18,20). The lowest BCUT2D eigenvalue weighted by Crippen LogP contribution is -2.26. The number of aromatic nitrogens is 1. The number of carbonyl (C=O) groups is 1. The van der Waals surface area contributed by atoms with Crippen molar-refractivity contribution in [2.75, 3.05) is 6.54 Å². The molecular weight excluding hydrogens is 332 g/mol. The Balaban J connectivity index is 1.72. The van der Waals surface area contributed by atoms with Crippen LogP contribution in [0.25, 0.3) is 0 Å². The van der Waals surface area contributed by atoms with Crippen molar-refractivity contribution in [3.8, 4) is 0 Å². The van der Waals surface area contributed by atoms with Gasteiger partial charge in [-0.1, -0.05) is 30.3 Å². The van der Waals surface area contributed by atoms with E-state index in [1.807, 2.05) is 43.3 Å². The number of pyridine rings is 1. The molecule has 0 radical (unpaired) electrons. The minimum atomic E-state index is -0.409. The number of hydrogen-bond acceptors (Lipinski definition) is 3. The fourth-order valence-electron chi connectivity index (χ4n) is 1.89. The molecule has 0 spiro atoms. The van der Waals surface area contributed by atoms with Crippen LogP contribution in [0.1, 0.15) is 16.8 Å². The van der Waals surface area contributed by atoms with E-state index in [9.17, 15) is 4.79 Å². The summed E-state index contributed by atoms with van der Waals surface area (Å²) in [6.45, 7) is 2.78. The second kappa shape index (κ2) is 7.78. The highest BCUT2D eigenvalue weighted by Crippen LogP contribution is 2.13. The number of hydrogen-bond donors (Lipinski definition) is 1. The van der Waals surface area contributed by atoms with Crippen LogP contribution in [0.2, 0.25) is 0 Å². The summed E-state index contributed by atoms with van der Waals surface area (Å²) in [5, 5.41) is 2.73. The summed E-state index contributed by atoms with van der Waals surface area (Å²) in [6, 6.07) is 11.6. The van der Waals surface area contributed by atoms with Crippen molar-refractivity contribution in [1.82, 2.24) is 10.3 Å². The first-order valence-corrected chi connectivity index (χ1v) is 7.50. The van der Waals surface area contributed by atoms with Gasteiger partial charge in [0.1, 0.15) is 6.61 Å². The highest BCUT2D eigenvalue weighted by molar-refractivity contribution is 9.10. The van der Waals surface area contributed by atoms with Crippen LogP contribution in [0.4, 0.5) is 4.79 Å². The van der Waals surface area contributed by atoms with E-state index in [-0.39, 0.29) is 6.61 Å². The summed E-state index contributed by atoms with van der Waals surface area (Å²) in [4.78, 5) is 15.9. The maximum Gasteiger partial charge on any atom is 0.407 e. The topological polar surface area (TPSA) is 51.2 Å². The van der Waals surface area contributed by atoms with Gasteiger partial charge in [0.2, 0.25) is 0 Å². The van der Waals surface area contributed by atoms with Crippen molar-refractivity contribution in [2.45, 2.75) is 20.0 Å². The van der Waals surface area contributed by atoms with E-state index in [2.05, 4.69) is 26.2 Å². The number of rotatable bonds is 5. The minimum Gasteiger partial charge on any atom is -0.445 e. The van der Waals surface area contributed by atoms with Gasteiger partial charge in [-0.3, -0.25) is 4.98 Å². The molecule has 2 aromatic rings. The Morgan fingerprint density at radius 1 is 1.33 bits per heavy atom. The monoisotopic (exact) mass is 348 g/mol.